The lowest BCUT2D eigenvalue weighted by Crippen LogP contribution is -2.50. The van der Waals surface area contributed by atoms with Crippen LogP contribution in [0, 0.1) is 12.7 Å². The molecule has 0 spiro atoms. The average molecular weight is 511 g/mol. The second-order valence-corrected chi connectivity index (χ2v) is 10.7. The highest BCUT2D eigenvalue weighted by Gasteiger charge is 2.37. The maximum atomic E-state index is 13.8. The summed E-state index contributed by atoms with van der Waals surface area (Å²) in [5.74, 6) is -1.15. The summed E-state index contributed by atoms with van der Waals surface area (Å²) in [7, 11) is 1.58. The van der Waals surface area contributed by atoms with E-state index in [0.29, 0.717) is 23.4 Å². The number of anilines is 1. The zero-order chi connectivity index (χ0) is 26.2. The van der Waals surface area contributed by atoms with Gasteiger partial charge in [-0.1, -0.05) is 6.58 Å². The lowest BCUT2D eigenvalue weighted by molar-refractivity contribution is -0.135. The number of benzene rings is 1. The molecule has 1 aliphatic heterocycles. The molecule has 4 rings (SSSR count). The first-order chi connectivity index (χ1) is 17.1. The third-order valence-electron chi connectivity index (χ3n) is 7.39. The first-order valence-electron chi connectivity index (χ1n) is 11.8. The van der Waals surface area contributed by atoms with Crippen LogP contribution in [0.5, 0.6) is 0 Å². The van der Waals surface area contributed by atoms with Gasteiger partial charge in [0.25, 0.3) is 5.91 Å². The molecule has 190 valence electrons. The fraction of sp³-hybridized carbons (Fsp3) is 0.370. The summed E-state index contributed by atoms with van der Waals surface area (Å²) in [4.78, 5) is 42.0. The van der Waals surface area contributed by atoms with Gasteiger partial charge in [-0.2, -0.15) is 11.8 Å². The van der Waals surface area contributed by atoms with Crippen molar-refractivity contribution < 1.29 is 18.8 Å². The summed E-state index contributed by atoms with van der Waals surface area (Å²) >= 11 is 1.72. The van der Waals surface area contributed by atoms with E-state index in [2.05, 4.69) is 22.2 Å². The molecule has 0 saturated heterocycles. The Morgan fingerprint density at radius 3 is 2.83 bits per heavy atom. The minimum atomic E-state index is -0.607. The van der Waals surface area contributed by atoms with E-state index in [1.165, 1.54) is 28.7 Å². The number of likely N-dealkylation sites (N-methyl/N-ethyl adjacent to an activating group) is 1. The first kappa shape index (κ1) is 25.8. The molecule has 9 heteroatoms. The number of carbonyl (C=O) groups is 3. The number of halogens is 1. The van der Waals surface area contributed by atoms with Crippen molar-refractivity contribution in [3.63, 3.8) is 0 Å². The molecule has 2 unspecified atom stereocenters. The Morgan fingerprint density at radius 2 is 2.14 bits per heavy atom. The van der Waals surface area contributed by atoms with Crippen molar-refractivity contribution in [2.75, 3.05) is 25.2 Å². The first-order valence-corrected chi connectivity index (χ1v) is 13.1. The zero-order valence-corrected chi connectivity index (χ0v) is 21.8. The third kappa shape index (κ3) is 4.72. The third-order valence-corrected chi connectivity index (χ3v) is 8.75. The van der Waals surface area contributed by atoms with Crippen LogP contribution in [-0.4, -0.2) is 58.2 Å². The number of nitrogens with zero attached hydrogens (tertiary/aromatic N) is 1. The molecule has 1 aliphatic carbocycles. The molecule has 0 bridgehead atoms. The molecule has 0 saturated carbocycles. The van der Waals surface area contributed by atoms with Gasteiger partial charge in [0.15, 0.2) is 0 Å². The molecule has 3 amide bonds. The van der Waals surface area contributed by atoms with Gasteiger partial charge >= 0.3 is 0 Å². The van der Waals surface area contributed by atoms with E-state index in [4.69, 9.17) is 0 Å². The predicted octanol–water partition coefficient (Wildman–Crippen LogP) is 3.69. The van der Waals surface area contributed by atoms with Gasteiger partial charge < -0.3 is 20.5 Å². The van der Waals surface area contributed by atoms with Crippen molar-refractivity contribution in [1.29, 1.82) is 0 Å². The summed E-state index contributed by atoms with van der Waals surface area (Å²) in [6, 6.07) is 3.67. The van der Waals surface area contributed by atoms with Gasteiger partial charge in [-0.05, 0) is 74.4 Å². The van der Waals surface area contributed by atoms with Crippen LogP contribution in [0.2, 0.25) is 0 Å². The number of thioether (sulfide) groups is 1. The molecule has 2 heterocycles. The highest BCUT2D eigenvalue weighted by atomic mass is 32.2. The maximum absolute atomic E-state index is 13.8. The van der Waals surface area contributed by atoms with Crippen molar-refractivity contribution in [1.82, 2.24) is 15.2 Å². The van der Waals surface area contributed by atoms with Gasteiger partial charge in [0, 0.05) is 47.4 Å². The van der Waals surface area contributed by atoms with Gasteiger partial charge in [-0.3, -0.25) is 14.4 Å². The normalized spacial score (nSPS) is 20.4. The topological polar surface area (TPSA) is 94.3 Å². The summed E-state index contributed by atoms with van der Waals surface area (Å²) in [5, 5.41) is 5.83. The van der Waals surface area contributed by atoms with Crippen LogP contribution in [0.1, 0.15) is 41.4 Å². The van der Waals surface area contributed by atoms with Crippen LogP contribution in [0.25, 0.3) is 11.6 Å². The Labute approximate surface area is 214 Å². The van der Waals surface area contributed by atoms with Crippen molar-refractivity contribution >= 4 is 46.8 Å². The highest BCUT2D eigenvalue weighted by molar-refractivity contribution is 8.00. The maximum Gasteiger partial charge on any atom is 0.256 e. The van der Waals surface area contributed by atoms with Crippen molar-refractivity contribution in [3.05, 3.63) is 64.7 Å². The van der Waals surface area contributed by atoms with E-state index >= 15 is 0 Å². The van der Waals surface area contributed by atoms with E-state index < -0.39 is 6.04 Å². The molecule has 3 N–H and O–H groups in total. The second kappa shape index (κ2) is 9.97. The summed E-state index contributed by atoms with van der Waals surface area (Å²) < 4.78 is 13.6. The number of aromatic nitrogens is 1. The van der Waals surface area contributed by atoms with Crippen LogP contribution in [0.4, 0.5) is 10.1 Å². The van der Waals surface area contributed by atoms with E-state index in [0.717, 1.165) is 36.2 Å². The minimum absolute atomic E-state index is 0.203. The number of rotatable bonds is 7. The van der Waals surface area contributed by atoms with Crippen LogP contribution in [0.3, 0.4) is 0 Å². The Morgan fingerprint density at radius 1 is 1.39 bits per heavy atom. The SMILES string of the molecule is C=CC(=O)N(C)C(C)C(=O)NCC1(SC)CCc2c([nH]c(/C=C3\C(=O)Nc4ccc(F)cc43)c2C)C1. The number of fused-ring (bicyclic) bond motifs is 2. The Kier molecular flexibility index (Phi) is 7.13. The molecule has 2 atom stereocenters. The number of H-pyrrole nitrogens is 1. The highest BCUT2D eigenvalue weighted by Crippen LogP contribution is 2.40. The molecule has 1 aromatic carbocycles. The van der Waals surface area contributed by atoms with Gasteiger partial charge in [0.05, 0.1) is 5.57 Å². The number of carbonyl (C=O) groups excluding carboxylic acids is 3. The molecular weight excluding hydrogens is 479 g/mol. The number of amides is 3. The number of aromatic amines is 1. The molecule has 36 heavy (non-hydrogen) atoms. The second-order valence-electron chi connectivity index (χ2n) is 9.43. The predicted molar refractivity (Wildman–Crippen MR) is 142 cm³/mol. The lowest BCUT2D eigenvalue weighted by Gasteiger charge is -2.36. The molecule has 1 aromatic heterocycles. The van der Waals surface area contributed by atoms with Crippen LogP contribution in [-0.2, 0) is 27.2 Å². The van der Waals surface area contributed by atoms with Crippen LogP contribution >= 0.6 is 11.8 Å². The fourth-order valence-electron chi connectivity index (χ4n) is 4.87. The van der Waals surface area contributed by atoms with Crippen molar-refractivity contribution in [2.24, 2.45) is 0 Å². The average Bonchev–Trinajstić information content (AvgIpc) is 3.35. The van der Waals surface area contributed by atoms with Crippen molar-refractivity contribution in [3.8, 4) is 0 Å². The molecular formula is C27H31FN4O3S. The monoisotopic (exact) mass is 510 g/mol. The number of hydrogen-bond acceptors (Lipinski definition) is 4. The zero-order valence-electron chi connectivity index (χ0n) is 21.0. The molecule has 7 nitrogen and oxygen atoms in total. The number of hydrogen-bond donors (Lipinski definition) is 3. The summed E-state index contributed by atoms with van der Waals surface area (Å²) in [5.41, 5.74) is 5.81. The van der Waals surface area contributed by atoms with E-state index in [9.17, 15) is 18.8 Å². The molecule has 0 fully saturated rings. The number of nitrogens with one attached hydrogen (secondary N) is 3. The van der Waals surface area contributed by atoms with Gasteiger partial charge in [0.2, 0.25) is 11.8 Å². The Hall–Kier alpha value is -3.33. The van der Waals surface area contributed by atoms with E-state index in [-0.39, 0.29) is 28.3 Å². The molecule has 2 aliphatic rings. The minimum Gasteiger partial charge on any atom is -0.358 e. The van der Waals surface area contributed by atoms with E-state index in [1.54, 1.807) is 37.9 Å². The molecule has 0 radical (unpaired) electrons. The Bertz CT molecular complexity index is 1280. The Balaban J connectivity index is 1.54. The quantitative estimate of drug-likeness (QED) is 0.495. The van der Waals surface area contributed by atoms with Crippen molar-refractivity contribution in [2.45, 2.75) is 43.9 Å². The van der Waals surface area contributed by atoms with Gasteiger partial charge in [-0.15, -0.1) is 0 Å². The van der Waals surface area contributed by atoms with Gasteiger partial charge in [0.1, 0.15) is 11.9 Å². The van der Waals surface area contributed by atoms with E-state index in [1.807, 2.05) is 13.2 Å². The lowest BCUT2D eigenvalue weighted by atomic mass is 9.85. The largest absolute Gasteiger partial charge is 0.358 e. The fourth-order valence-corrected chi connectivity index (χ4v) is 5.68. The standard InChI is InChI=1S/C27H31FN4O3S/c1-6-24(33)32(4)16(3)25(34)29-14-27(36-5)10-9-18-15(2)22(30-23(18)13-27)12-20-19-11-17(28)7-8-21(19)31-26(20)35/h6-8,11-12,16,30H,1,9-10,13-14H2,2-5H3,(H,29,34)(H,31,35)/b20-12-. The van der Waals surface area contributed by atoms with Gasteiger partial charge in [-0.25, -0.2) is 4.39 Å². The summed E-state index contributed by atoms with van der Waals surface area (Å²) in [6.07, 6.45) is 7.47. The van der Waals surface area contributed by atoms with Crippen LogP contribution < -0.4 is 10.6 Å². The molecule has 2 aromatic rings. The van der Waals surface area contributed by atoms with Crippen LogP contribution in [0.15, 0.2) is 30.9 Å². The summed E-state index contributed by atoms with van der Waals surface area (Å²) in [6.45, 7) is 7.67. The smallest absolute Gasteiger partial charge is 0.256 e.